The number of carbonyl (C=O) groups excluding carboxylic acids is 1. The molecule has 1 amide bonds. The standard InChI is InChI=1S/C24H23ClN2O3/c1-2-19(28)7-5-6-16-10-11-18(21-9-4-3-8-20(16)21)15-26-27-24(30)17-12-13-23(29)22(25)14-17/h3-6,8-15,19,28-29H,2,7H2,1H3,(H,27,30)/b6-5+,26-15+. The van der Waals surface area contributed by atoms with E-state index in [2.05, 4.69) is 10.5 Å². The number of hydrazone groups is 1. The quantitative estimate of drug-likeness (QED) is 0.364. The lowest BCUT2D eigenvalue weighted by Gasteiger charge is -2.07. The van der Waals surface area contributed by atoms with Crippen LogP contribution in [-0.4, -0.2) is 28.4 Å². The van der Waals surface area contributed by atoms with E-state index in [9.17, 15) is 15.0 Å². The number of phenols is 1. The Morgan fingerprint density at radius 3 is 2.53 bits per heavy atom. The molecule has 0 aliphatic carbocycles. The summed E-state index contributed by atoms with van der Waals surface area (Å²) in [7, 11) is 0. The lowest BCUT2D eigenvalue weighted by molar-refractivity contribution is 0.0955. The highest BCUT2D eigenvalue weighted by atomic mass is 35.5. The summed E-state index contributed by atoms with van der Waals surface area (Å²) in [4.78, 5) is 12.2. The fourth-order valence-corrected chi connectivity index (χ4v) is 3.18. The van der Waals surface area contributed by atoms with Gasteiger partial charge < -0.3 is 10.2 Å². The number of hydrogen-bond donors (Lipinski definition) is 3. The van der Waals surface area contributed by atoms with Gasteiger partial charge in [-0.25, -0.2) is 5.43 Å². The Balaban J connectivity index is 1.78. The van der Waals surface area contributed by atoms with Gasteiger partial charge in [-0.05, 0) is 47.4 Å². The number of aliphatic hydroxyl groups is 1. The van der Waals surface area contributed by atoms with Crippen molar-refractivity contribution in [3.8, 4) is 5.75 Å². The minimum Gasteiger partial charge on any atom is -0.506 e. The highest BCUT2D eigenvalue weighted by Crippen LogP contribution is 2.24. The summed E-state index contributed by atoms with van der Waals surface area (Å²) in [6, 6.07) is 16.1. The molecule has 0 spiro atoms. The number of benzene rings is 3. The zero-order valence-electron chi connectivity index (χ0n) is 16.5. The van der Waals surface area contributed by atoms with Crippen LogP contribution in [-0.2, 0) is 0 Å². The maximum Gasteiger partial charge on any atom is 0.271 e. The van der Waals surface area contributed by atoms with Gasteiger partial charge in [0.25, 0.3) is 5.91 Å². The molecule has 0 fully saturated rings. The van der Waals surface area contributed by atoms with Gasteiger partial charge in [0.15, 0.2) is 0 Å². The van der Waals surface area contributed by atoms with Gasteiger partial charge in [-0.1, -0.05) is 67.1 Å². The molecule has 0 aromatic heterocycles. The second kappa shape index (κ2) is 10.1. The first kappa shape index (κ1) is 21.6. The number of hydrogen-bond acceptors (Lipinski definition) is 4. The van der Waals surface area contributed by atoms with Crippen LogP contribution < -0.4 is 5.43 Å². The van der Waals surface area contributed by atoms with Crippen molar-refractivity contribution < 1.29 is 15.0 Å². The molecule has 0 heterocycles. The highest BCUT2D eigenvalue weighted by Gasteiger charge is 2.08. The SMILES string of the molecule is CCC(O)C/C=C/c1ccc(/C=N/NC(=O)c2ccc(O)c(Cl)c2)c2ccccc12. The van der Waals surface area contributed by atoms with Crippen LogP contribution in [0.1, 0.15) is 41.3 Å². The van der Waals surface area contributed by atoms with E-state index in [0.717, 1.165) is 28.3 Å². The van der Waals surface area contributed by atoms with Crippen LogP contribution in [0.4, 0.5) is 0 Å². The molecule has 0 saturated heterocycles. The summed E-state index contributed by atoms with van der Waals surface area (Å²) in [6.45, 7) is 1.96. The van der Waals surface area contributed by atoms with Crippen molar-refractivity contribution in [2.45, 2.75) is 25.9 Å². The summed E-state index contributed by atoms with van der Waals surface area (Å²) in [5.41, 5.74) is 4.69. The monoisotopic (exact) mass is 422 g/mol. The molecule has 0 aliphatic heterocycles. The molecule has 0 saturated carbocycles. The van der Waals surface area contributed by atoms with Crippen molar-refractivity contribution in [1.82, 2.24) is 5.43 Å². The average Bonchev–Trinajstić information content (AvgIpc) is 2.76. The first-order chi connectivity index (χ1) is 14.5. The second-order valence-electron chi connectivity index (χ2n) is 6.86. The number of aliphatic hydroxyl groups excluding tert-OH is 1. The lowest BCUT2D eigenvalue weighted by Crippen LogP contribution is -2.17. The molecule has 3 rings (SSSR count). The molecule has 0 aliphatic rings. The molecule has 3 aromatic carbocycles. The fraction of sp³-hybridized carbons (Fsp3) is 0.167. The van der Waals surface area contributed by atoms with Crippen LogP contribution in [0.5, 0.6) is 5.75 Å². The summed E-state index contributed by atoms with van der Waals surface area (Å²) in [6.07, 6.45) is 6.59. The maximum absolute atomic E-state index is 12.2. The van der Waals surface area contributed by atoms with Gasteiger partial charge in [-0.2, -0.15) is 5.10 Å². The van der Waals surface area contributed by atoms with Crippen molar-refractivity contribution in [1.29, 1.82) is 0 Å². The van der Waals surface area contributed by atoms with Crippen molar-refractivity contribution in [3.63, 3.8) is 0 Å². The van der Waals surface area contributed by atoms with E-state index in [4.69, 9.17) is 11.6 Å². The van der Waals surface area contributed by atoms with E-state index in [1.54, 1.807) is 6.21 Å². The predicted octanol–water partition coefficient (Wildman–Crippen LogP) is 5.14. The minimum absolute atomic E-state index is 0.0819. The fourth-order valence-electron chi connectivity index (χ4n) is 3.00. The lowest BCUT2D eigenvalue weighted by atomic mass is 9.99. The summed E-state index contributed by atoms with van der Waals surface area (Å²) in [5, 5.41) is 25.4. The van der Waals surface area contributed by atoms with Gasteiger partial charge in [0, 0.05) is 11.1 Å². The Bertz CT molecular complexity index is 1110. The first-order valence-electron chi connectivity index (χ1n) is 9.68. The van der Waals surface area contributed by atoms with Crippen LogP contribution in [0.2, 0.25) is 5.02 Å². The largest absolute Gasteiger partial charge is 0.506 e. The Labute approximate surface area is 180 Å². The maximum atomic E-state index is 12.2. The van der Waals surface area contributed by atoms with Gasteiger partial charge in [-0.15, -0.1) is 0 Å². The molecule has 1 unspecified atom stereocenters. The van der Waals surface area contributed by atoms with Crippen molar-refractivity contribution in [3.05, 3.63) is 82.4 Å². The smallest absolute Gasteiger partial charge is 0.271 e. The van der Waals surface area contributed by atoms with Crippen molar-refractivity contribution in [2.75, 3.05) is 0 Å². The molecule has 30 heavy (non-hydrogen) atoms. The zero-order chi connectivity index (χ0) is 21.5. The Morgan fingerprint density at radius 1 is 1.13 bits per heavy atom. The van der Waals surface area contributed by atoms with Crippen LogP contribution in [0.25, 0.3) is 16.8 Å². The number of rotatable bonds is 7. The topological polar surface area (TPSA) is 81.9 Å². The van der Waals surface area contributed by atoms with Crippen LogP contribution in [0.15, 0.2) is 65.8 Å². The van der Waals surface area contributed by atoms with E-state index in [1.165, 1.54) is 18.2 Å². The third-order valence-electron chi connectivity index (χ3n) is 4.75. The third kappa shape index (κ3) is 5.26. The molecule has 0 radical (unpaired) electrons. The minimum atomic E-state index is -0.425. The number of nitrogens with one attached hydrogen (secondary N) is 1. The van der Waals surface area contributed by atoms with E-state index < -0.39 is 5.91 Å². The Hall–Kier alpha value is -3.15. The molecular formula is C24H23ClN2O3. The van der Waals surface area contributed by atoms with Crippen molar-refractivity contribution in [2.24, 2.45) is 5.10 Å². The van der Waals surface area contributed by atoms with E-state index >= 15 is 0 Å². The second-order valence-corrected chi connectivity index (χ2v) is 7.26. The third-order valence-corrected chi connectivity index (χ3v) is 5.05. The van der Waals surface area contributed by atoms with Gasteiger partial charge >= 0.3 is 0 Å². The predicted molar refractivity (Wildman–Crippen MR) is 122 cm³/mol. The summed E-state index contributed by atoms with van der Waals surface area (Å²) in [5.74, 6) is -0.506. The molecule has 1 atom stereocenters. The summed E-state index contributed by atoms with van der Waals surface area (Å²) < 4.78 is 0. The first-order valence-corrected chi connectivity index (χ1v) is 10.1. The van der Waals surface area contributed by atoms with Gasteiger partial charge in [0.05, 0.1) is 17.3 Å². The highest BCUT2D eigenvalue weighted by molar-refractivity contribution is 6.32. The van der Waals surface area contributed by atoms with Crippen LogP contribution >= 0.6 is 11.6 Å². The molecule has 0 bridgehead atoms. The molecule has 154 valence electrons. The van der Waals surface area contributed by atoms with Crippen LogP contribution in [0, 0.1) is 0 Å². The number of fused-ring (bicyclic) bond motifs is 1. The number of halogens is 1. The summed E-state index contributed by atoms with van der Waals surface area (Å²) >= 11 is 5.84. The number of carbonyl (C=O) groups is 1. The van der Waals surface area contributed by atoms with Crippen molar-refractivity contribution >= 4 is 40.6 Å². The molecule has 6 heteroatoms. The zero-order valence-corrected chi connectivity index (χ0v) is 17.3. The molecule has 5 nitrogen and oxygen atoms in total. The average molecular weight is 423 g/mol. The number of amides is 1. The number of phenolic OH excluding ortho intramolecular Hbond substituents is 1. The number of nitrogens with zero attached hydrogens (tertiary/aromatic N) is 1. The van der Waals surface area contributed by atoms with Gasteiger partial charge in [-0.3, -0.25) is 4.79 Å². The molecule has 3 aromatic rings. The Morgan fingerprint density at radius 2 is 1.83 bits per heavy atom. The Kier molecular flexibility index (Phi) is 7.22. The number of aromatic hydroxyl groups is 1. The van der Waals surface area contributed by atoms with E-state index in [1.807, 2.05) is 55.5 Å². The molecule has 3 N–H and O–H groups in total. The van der Waals surface area contributed by atoms with Crippen LogP contribution in [0.3, 0.4) is 0 Å². The van der Waals surface area contributed by atoms with Gasteiger partial charge in [0.2, 0.25) is 0 Å². The van der Waals surface area contributed by atoms with E-state index in [-0.39, 0.29) is 16.9 Å². The molecular weight excluding hydrogens is 400 g/mol. The van der Waals surface area contributed by atoms with E-state index in [0.29, 0.717) is 12.0 Å². The normalized spacial score (nSPS) is 12.6. The van der Waals surface area contributed by atoms with Gasteiger partial charge in [0.1, 0.15) is 5.75 Å².